The number of hydrogen-bond donors (Lipinski definition) is 3. The van der Waals surface area contributed by atoms with Crippen LogP contribution in [0.5, 0.6) is 0 Å². The van der Waals surface area contributed by atoms with Crippen LogP contribution in [0, 0.1) is 0 Å². The zero-order chi connectivity index (χ0) is 29.6. The van der Waals surface area contributed by atoms with Gasteiger partial charge in [0.25, 0.3) is 5.91 Å². The molecule has 1 aliphatic rings. The van der Waals surface area contributed by atoms with Crippen molar-refractivity contribution in [1.82, 2.24) is 9.88 Å². The van der Waals surface area contributed by atoms with Crippen LogP contribution < -0.4 is 0 Å². The minimum absolute atomic E-state index is 0.337. The number of aliphatic carboxylic acids is 3. The maximum Gasteiger partial charge on any atom is 0.377 e. The van der Waals surface area contributed by atoms with Crippen LogP contribution in [0.1, 0.15) is 30.4 Å². The van der Waals surface area contributed by atoms with Crippen molar-refractivity contribution in [3.8, 4) is 11.1 Å². The van der Waals surface area contributed by atoms with E-state index < -0.39 is 54.9 Å². The minimum atomic E-state index is -3.05. The van der Waals surface area contributed by atoms with E-state index in [1.807, 2.05) is 66.7 Å². The zero-order valence-electron chi connectivity index (χ0n) is 22.3. The second-order valence-corrected chi connectivity index (χ2v) is 9.73. The molecule has 11 nitrogen and oxygen atoms in total. The minimum Gasteiger partial charge on any atom is -0.480 e. The number of carbonyl (C=O) groups is 4. The second-order valence-electron chi connectivity index (χ2n) is 9.73. The topological polar surface area (TPSA) is 164 Å². The van der Waals surface area contributed by atoms with Gasteiger partial charge >= 0.3 is 23.7 Å². The first-order chi connectivity index (χ1) is 19.6. The molecule has 3 N–H and O–H groups in total. The Balaban J connectivity index is 1.64. The first-order valence-corrected chi connectivity index (χ1v) is 13.0. The van der Waals surface area contributed by atoms with E-state index in [2.05, 4.69) is 4.98 Å². The summed E-state index contributed by atoms with van der Waals surface area (Å²) in [5, 5.41) is 28.5. The SMILES string of the molecule is CC(C(CCc1ccccc1)c1ccc(-c2ccncc2)cc1)N(CC(=O)O)C(=O)C1COC(C(=O)O)(C(=O)O)O1. The highest BCUT2D eigenvalue weighted by Gasteiger charge is 2.58. The van der Waals surface area contributed by atoms with Crippen molar-refractivity contribution in [2.45, 2.75) is 43.6 Å². The van der Waals surface area contributed by atoms with Crippen LogP contribution in [-0.2, 0) is 35.1 Å². The third kappa shape index (κ3) is 6.59. The van der Waals surface area contributed by atoms with E-state index in [9.17, 15) is 34.5 Å². The fraction of sp³-hybridized carbons (Fsp3) is 0.300. The molecule has 0 bridgehead atoms. The number of ether oxygens (including phenoxy) is 2. The zero-order valence-corrected chi connectivity index (χ0v) is 22.3. The Hall–Kier alpha value is -4.61. The molecular formula is C30H30N2O9. The summed E-state index contributed by atoms with van der Waals surface area (Å²) in [4.78, 5) is 53.8. The Kier molecular flexibility index (Phi) is 9.10. The van der Waals surface area contributed by atoms with E-state index >= 15 is 0 Å². The van der Waals surface area contributed by atoms with Gasteiger partial charge in [-0.3, -0.25) is 14.6 Å². The Morgan fingerprint density at radius 2 is 1.54 bits per heavy atom. The third-order valence-electron chi connectivity index (χ3n) is 7.19. The van der Waals surface area contributed by atoms with Crippen LogP contribution >= 0.6 is 0 Å². The molecule has 1 fully saturated rings. The quantitative estimate of drug-likeness (QED) is 0.280. The van der Waals surface area contributed by atoms with Crippen molar-refractivity contribution < 1.29 is 44.0 Å². The van der Waals surface area contributed by atoms with E-state index in [0.29, 0.717) is 12.8 Å². The number of aryl methyl sites for hydroxylation is 1. The highest BCUT2D eigenvalue weighted by molar-refractivity contribution is 6.01. The maximum atomic E-state index is 13.6. The molecule has 0 spiro atoms. The van der Waals surface area contributed by atoms with Gasteiger partial charge in [0.15, 0.2) is 6.10 Å². The molecule has 1 aliphatic heterocycles. The van der Waals surface area contributed by atoms with Gasteiger partial charge in [0, 0.05) is 24.4 Å². The van der Waals surface area contributed by atoms with Gasteiger partial charge in [-0.15, -0.1) is 0 Å². The number of hydrogen-bond acceptors (Lipinski definition) is 7. The number of benzene rings is 2. The first-order valence-electron chi connectivity index (χ1n) is 13.0. The average Bonchev–Trinajstić information content (AvgIpc) is 3.44. The number of rotatable bonds is 12. The first kappa shape index (κ1) is 29.4. The molecule has 4 rings (SSSR count). The lowest BCUT2D eigenvalue weighted by molar-refractivity contribution is -0.218. The number of pyridine rings is 1. The highest BCUT2D eigenvalue weighted by Crippen LogP contribution is 2.33. The second kappa shape index (κ2) is 12.7. The van der Waals surface area contributed by atoms with Crippen molar-refractivity contribution >= 4 is 23.8 Å². The third-order valence-corrected chi connectivity index (χ3v) is 7.19. The Morgan fingerprint density at radius 3 is 2.10 bits per heavy atom. The number of amides is 1. The summed E-state index contributed by atoms with van der Waals surface area (Å²) < 4.78 is 10.0. The maximum absolute atomic E-state index is 13.6. The molecule has 2 aromatic carbocycles. The summed E-state index contributed by atoms with van der Waals surface area (Å²) in [6.07, 6.45) is 2.97. The van der Waals surface area contributed by atoms with E-state index in [-0.39, 0.29) is 5.92 Å². The fourth-order valence-electron chi connectivity index (χ4n) is 4.99. The number of carbonyl (C=O) groups excluding carboxylic acids is 1. The van der Waals surface area contributed by atoms with E-state index in [1.165, 1.54) is 0 Å². The molecule has 1 aromatic heterocycles. The molecule has 0 saturated carbocycles. The van der Waals surface area contributed by atoms with E-state index in [1.54, 1.807) is 19.3 Å². The summed E-state index contributed by atoms with van der Waals surface area (Å²) in [6.45, 7) is 0.351. The Bertz CT molecular complexity index is 1370. The van der Waals surface area contributed by atoms with E-state index in [0.717, 1.165) is 27.2 Å². The summed E-state index contributed by atoms with van der Waals surface area (Å²) in [5.74, 6) is -9.39. The standard InChI is InChI=1S/C30H30N2O9/c1-19(32(17-26(33)34)27(35)25-18-40-30(41-25,28(36)37)29(38)39)24(12-7-20-5-3-2-4-6-20)23-10-8-21(9-11-23)22-13-15-31-16-14-22/h2-6,8-11,13-16,19,24-25H,7,12,17-18H2,1H3,(H,33,34)(H,36,37)(H,38,39). The van der Waals surface area contributed by atoms with Gasteiger partial charge in [0.1, 0.15) is 6.54 Å². The lowest BCUT2D eigenvalue weighted by atomic mass is 9.85. The molecule has 2 heterocycles. The van der Waals surface area contributed by atoms with Crippen LogP contribution in [0.2, 0.25) is 0 Å². The van der Waals surface area contributed by atoms with Crippen LogP contribution in [-0.4, -0.2) is 80.1 Å². The Morgan fingerprint density at radius 1 is 0.927 bits per heavy atom. The highest BCUT2D eigenvalue weighted by atomic mass is 16.8. The summed E-state index contributed by atoms with van der Waals surface area (Å²) in [7, 11) is 0. The molecule has 1 saturated heterocycles. The van der Waals surface area contributed by atoms with Gasteiger partial charge < -0.3 is 29.7 Å². The van der Waals surface area contributed by atoms with Gasteiger partial charge in [-0.1, -0.05) is 54.6 Å². The summed E-state index contributed by atoms with van der Waals surface area (Å²) >= 11 is 0. The van der Waals surface area contributed by atoms with Gasteiger partial charge in [-0.2, -0.15) is 0 Å². The van der Waals surface area contributed by atoms with Crippen LogP contribution in [0.4, 0.5) is 0 Å². The van der Waals surface area contributed by atoms with Crippen molar-refractivity contribution in [1.29, 1.82) is 0 Å². The molecule has 0 aliphatic carbocycles. The fourth-order valence-corrected chi connectivity index (χ4v) is 4.99. The van der Waals surface area contributed by atoms with Crippen LogP contribution in [0.3, 0.4) is 0 Å². The number of aromatic nitrogens is 1. The predicted molar refractivity (Wildman–Crippen MR) is 145 cm³/mol. The van der Waals surface area contributed by atoms with Crippen molar-refractivity contribution in [3.05, 3.63) is 90.3 Å². The lowest BCUT2D eigenvalue weighted by Gasteiger charge is -2.35. The van der Waals surface area contributed by atoms with Gasteiger partial charge in [0.05, 0.1) is 6.61 Å². The van der Waals surface area contributed by atoms with E-state index in [4.69, 9.17) is 9.47 Å². The van der Waals surface area contributed by atoms with Crippen molar-refractivity contribution in [2.75, 3.05) is 13.2 Å². The van der Waals surface area contributed by atoms with Crippen LogP contribution in [0.15, 0.2) is 79.1 Å². The molecule has 11 heteroatoms. The molecule has 3 atom stereocenters. The van der Waals surface area contributed by atoms with Gasteiger partial charge in [-0.25, -0.2) is 9.59 Å². The molecule has 41 heavy (non-hydrogen) atoms. The van der Waals surface area contributed by atoms with Gasteiger partial charge in [0.2, 0.25) is 0 Å². The Labute approximate surface area is 236 Å². The van der Waals surface area contributed by atoms with Gasteiger partial charge in [-0.05, 0) is 54.2 Å². The molecule has 3 unspecified atom stereocenters. The average molecular weight is 563 g/mol. The monoisotopic (exact) mass is 562 g/mol. The van der Waals surface area contributed by atoms with Crippen molar-refractivity contribution in [2.24, 2.45) is 0 Å². The molecule has 214 valence electrons. The number of carboxylic acid groups (broad SMARTS) is 3. The molecular weight excluding hydrogens is 532 g/mol. The largest absolute Gasteiger partial charge is 0.480 e. The smallest absolute Gasteiger partial charge is 0.377 e. The molecule has 1 amide bonds. The summed E-state index contributed by atoms with van der Waals surface area (Å²) in [6, 6.07) is 20.5. The number of carboxylic acids is 3. The normalized spacial score (nSPS) is 17.3. The van der Waals surface area contributed by atoms with Crippen LogP contribution in [0.25, 0.3) is 11.1 Å². The lowest BCUT2D eigenvalue weighted by Crippen LogP contribution is -2.52. The predicted octanol–water partition coefficient (Wildman–Crippen LogP) is 3.05. The molecule has 0 radical (unpaired) electrons. The summed E-state index contributed by atoms with van der Waals surface area (Å²) in [5.41, 5.74) is 3.86. The molecule has 3 aromatic rings. The van der Waals surface area contributed by atoms with Crippen molar-refractivity contribution in [3.63, 3.8) is 0 Å². The number of nitrogens with zero attached hydrogens (tertiary/aromatic N) is 2.